The first-order valence-corrected chi connectivity index (χ1v) is 3.90. The Morgan fingerprint density at radius 2 is 2.30 bits per heavy atom. The molecule has 1 unspecified atom stereocenters. The SMILES string of the molecule is CCN1C(O)CNC[C@@H]1C. The predicted octanol–water partition coefficient (Wildman–Crippen LogP) is -0.382. The van der Waals surface area contributed by atoms with Gasteiger partial charge in [0.15, 0.2) is 0 Å². The highest BCUT2D eigenvalue weighted by atomic mass is 16.3. The van der Waals surface area contributed by atoms with Crippen molar-refractivity contribution in [3.8, 4) is 0 Å². The third-order valence-corrected chi connectivity index (χ3v) is 2.08. The molecule has 10 heavy (non-hydrogen) atoms. The van der Waals surface area contributed by atoms with E-state index in [9.17, 15) is 5.11 Å². The molecule has 3 heteroatoms. The first-order valence-electron chi connectivity index (χ1n) is 3.90. The van der Waals surface area contributed by atoms with Crippen LogP contribution in [0.2, 0.25) is 0 Å². The average Bonchev–Trinajstić information content (AvgIpc) is 1.88. The second kappa shape index (κ2) is 3.32. The van der Waals surface area contributed by atoms with E-state index in [1.165, 1.54) is 0 Å². The van der Waals surface area contributed by atoms with E-state index in [1.54, 1.807) is 0 Å². The molecule has 0 amide bonds. The maximum absolute atomic E-state index is 9.40. The van der Waals surface area contributed by atoms with Crippen molar-refractivity contribution in [2.24, 2.45) is 0 Å². The lowest BCUT2D eigenvalue weighted by atomic mass is 10.2. The van der Waals surface area contributed by atoms with Crippen molar-refractivity contribution in [1.82, 2.24) is 10.2 Å². The fourth-order valence-corrected chi connectivity index (χ4v) is 1.47. The van der Waals surface area contributed by atoms with Crippen molar-refractivity contribution in [2.45, 2.75) is 26.1 Å². The Morgan fingerprint density at radius 3 is 2.70 bits per heavy atom. The summed E-state index contributed by atoms with van der Waals surface area (Å²) in [6.07, 6.45) is -0.284. The van der Waals surface area contributed by atoms with Gasteiger partial charge in [0.05, 0.1) is 0 Å². The molecule has 60 valence electrons. The average molecular weight is 144 g/mol. The summed E-state index contributed by atoms with van der Waals surface area (Å²) in [5.41, 5.74) is 0. The van der Waals surface area contributed by atoms with E-state index in [1.807, 2.05) is 0 Å². The quantitative estimate of drug-likeness (QED) is 0.526. The Morgan fingerprint density at radius 1 is 1.60 bits per heavy atom. The minimum Gasteiger partial charge on any atom is -0.377 e. The van der Waals surface area contributed by atoms with E-state index in [0.29, 0.717) is 12.6 Å². The number of piperazine rings is 1. The molecule has 1 heterocycles. The van der Waals surface area contributed by atoms with E-state index in [-0.39, 0.29) is 6.23 Å². The lowest BCUT2D eigenvalue weighted by molar-refractivity contribution is -0.0362. The maximum Gasteiger partial charge on any atom is 0.120 e. The van der Waals surface area contributed by atoms with Gasteiger partial charge in [-0.05, 0) is 13.5 Å². The lowest BCUT2D eigenvalue weighted by Crippen LogP contribution is -2.55. The monoisotopic (exact) mass is 144 g/mol. The molecule has 0 aliphatic carbocycles. The smallest absolute Gasteiger partial charge is 0.120 e. The molecule has 1 saturated heterocycles. The summed E-state index contributed by atoms with van der Waals surface area (Å²) in [6, 6.07) is 0.466. The van der Waals surface area contributed by atoms with Crippen LogP contribution in [0.4, 0.5) is 0 Å². The summed E-state index contributed by atoms with van der Waals surface area (Å²) in [5.74, 6) is 0. The Balaban J connectivity index is 2.45. The zero-order valence-corrected chi connectivity index (χ0v) is 6.67. The molecule has 2 atom stereocenters. The summed E-state index contributed by atoms with van der Waals surface area (Å²) in [4.78, 5) is 2.09. The second-order valence-electron chi connectivity index (χ2n) is 2.82. The van der Waals surface area contributed by atoms with E-state index >= 15 is 0 Å². The van der Waals surface area contributed by atoms with Gasteiger partial charge in [-0.1, -0.05) is 6.92 Å². The third kappa shape index (κ3) is 1.48. The minimum absolute atomic E-state index is 0.284. The van der Waals surface area contributed by atoms with Crippen LogP contribution < -0.4 is 5.32 Å². The standard InChI is InChI=1S/C7H16N2O/c1-3-9-6(2)4-8-5-7(9)10/h6-8,10H,3-5H2,1-2H3/t6-,7?/m0/s1. The molecule has 2 N–H and O–H groups in total. The summed E-state index contributed by atoms with van der Waals surface area (Å²) >= 11 is 0. The van der Waals surface area contributed by atoms with Crippen LogP contribution >= 0.6 is 0 Å². The molecule has 1 rings (SSSR count). The van der Waals surface area contributed by atoms with Gasteiger partial charge >= 0.3 is 0 Å². The van der Waals surface area contributed by atoms with Crippen molar-refractivity contribution in [3.05, 3.63) is 0 Å². The van der Waals surface area contributed by atoms with Gasteiger partial charge in [-0.25, -0.2) is 0 Å². The Bertz CT molecular complexity index is 97.8. The van der Waals surface area contributed by atoms with Crippen LogP contribution in [0.15, 0.2) is 0 Å². The highest BCUT2D eigenvalue weighted by molar-refractivity contribution is 4.77. The maximum atomic E-state index is 9.40. The van der Waals surface area contributed by atoms with Gasteiger partial charge in [0.1, 0.15) is 6.23 Å². The molecular weight excluding hydrogens is 128 g/mol. The number of β-amino-alcohol motifs (C(OH)–C–C–N with tert-alkyl or cyclic N) is 1. The normalized spacial score (nSPS) is 36.3. The van der Waals surface area contributed by atoms with E-state index < -0.39 is 0 Å². The van der Waals surface area contributed by atoms with Crippen molar-refractivity contribution in [2.75, 3.05) is 19.6 Å². The van der Waals surface area contributed by atoms with Gasteiger partial charge < -0.3 is 10.4 Å². The van der Waals surface area contributed by atoms with E-state index in [2.05, 4.69) is 24.1 Å². The van der Waals surface area contributed by atoms with Crippen molar-refractivity contribution in [1.29, 1.82) is 0 Å². The van der Waals surface area contributed by atoms with Crippen molar-refractivity contribution < 1.29 is 5.11 Å². The van der Waals surface area contributed by atoms with Gasteiger partial charge in [0, 0.05) is 19.1 Å². The van der Waals surface area contributed by atoms with Crippen LogP contribution in [-0.4, -0.2) is 41.9 Å². The van der Waals surface area contributed by atoms with Crippen LogP contribution in [0.25, 0.3) is 0 Å². The van der Waals surface area contributed by atoms with E-state index in [4.69, 9.17) is 0 Å². The molecule has 1 aliphatic rings. The van der Waals surface area contributed by atoms with Crippen LogP contribution in [0.5, 0.6) is 0 Å². The van der Waals surface area contributed by atoms with Crippen LogP contribution in [0.3, 0.4) is 0 Å². The zero-order valence-electron chi connectivity index (χ0n) is 6.67. The number of hydrogen-bond donors (Lipinski definition) is 2. The number of rotatable bonds is 1. The Kier molecular flexibility index (Phi) is 2.65. The molecule has 0 aromatic carbocycles. The lowest BCUT2D eigenvalue weighted by Gasteiger charge is -2.37. The summed E-state index contributed by atoms with van der Waals surface area (Å²) in [6.45, 7) is 6.83. The van der Waals surface area contributed by atoms with Gasteiger partial charge in [0.2, 0.25) is 0 Å². The van der Waals surface area contributed by atoms with Gasteiger partial charge in [-0.3, -0.25) is 4.90 Å². The number of hydrogen-bond acceptors (Lipinski definition) is 3. The van der Waals surface area contributed by atoms with Crippen LogP contribution in [0.1, 0.15) is 13.8 Å². The fraction of sp³-hybridized carbons (Fsp3) is 1.00. The molecule has 1 fully saturated rings. The topological polar surface area (TPSA) is 35.5 Å². The zero-order chi connectivity index (χ0) is 7.56. The van der Waals surface area contributed by atoms with Crippen LogP contribution in [-0.2, 0) is 0 Å². The highest BCUT2D eigenvalue weighted by Gasteiger charge is 2.23. The number of likely N-dealkylation sites (N-methyl/N-ethyl adjacent to an activating group) is 1. The largest absolute Gasteiger partial charge is 0.377 e. The van der Waals surface area contributed by atoms with Crippen molar-refractivity contribution in [3.63, 3.8) is 0 Å². The Hall–Kier alpha value is -0.120. The first kappa shape index (κ1) is 7.98. The second-order valence-corrected chi connectivity index (χ2v) is 2.82. The molecular formula is C7H16N2O. The first-order chi connectivity index (χ1) is 4.75. The van der Waals surface area contributed by atoms with Gasteiger partial charge in [-0.2, -0.15) is 0 Å². The summed E-state index contributed by atoms with van der Waals surface area (Å²) < 4.78 is 0. The Labute approximate surface area is 62.0 Å². The van der Waals surface area contributed by atoms with Crippen LogP contribution in [0, 0.1) is 0 Å². The summed E-state index contributed by atoms with van der Waals surface area (Å²) in [5, 5.41) is 12.6. The molecule has 0 saturated carbocycles. The molecule has 0 aromatic heterocycles. The molecule has 0 spiro atoms. The summed E-state index contributed by atoms with van der Waals surface area (Å²) in [7, 11) is 0. The molecule has 0 aromatic rings. The predicted molar refractivity (Wildman–Crippen MR) is 40.7 cm³/mol. The fourth-order valence-electron chi connectivity index (χ4n) is 1.47. The number of nitrogens with zero attached hydrogens (tertiary/aromatic N) is 1. The molecule has 3 nitrogen and oxygen atoms in total. The molecule has 0 radical (unpaired) electrons. The highest BCUT2D eigenvalue weighted by Crippen LogP contribution is 2.05. The minimum atomic E-state index is -0.284. The van der Waals surface area contributed by atoms with Crippen molar-refractivity contribution >= 4 is 0 Å². The third-order valence-electron chi connectivity index (χ3n) is 2.08. The van der Waals surface area contributed by atoms with E-state index in [0.717, 1.165) is 13.1 Å². The number of nitrogens with one attached hydrogen (secondary N) is 1. The molecule has 0 bridgehead atoms. The van der Waals surface area contributed by atoms with Gasteiger partial charge in [-0.15, -0.1) is 0 Å². The number of aliphatic hydroxyl groups is 1. The van der Waals surface area contributed by atoms with Gasteiger partial charge in [0.25, 0.3) is 0 Å². The number of aliphatic hydroxyl groups excluding tert-OH is 1. The molecule has 1 aliphatic heterocycles.